The van der Waals surface area contributed by atoms with Crippen molar-refractivity contribution in [3.05, 3.63) is 23.9 Å². The lowest BCUT2D eigenvalue weighted by molar-refractivity contribution is 0.118. The number of ether oxygens (including phenoxy) is 2. The van der Waals surface area contributed by atoms with E-state index in [1.807, 2.05) is 12.1 Å². The first kappa shape index (κ1) is 13.9. The third kappa shape index (κ3) is 5.65. The summed E-state index contributed by atoms with van der Waals surface area (Å²) < 4.78 is 10.5. The Bertz CT molecular complexity index is 301. The molecule has 0 aliphatic heterocycles. The van der Waals surface area contributed by atoms with E-state index in [1.165, 1.54) is 0 Å². The second-order valence-electron chi connectivity index (χ2n) is 4.10. The van der Waals surface area contributed by atoms with E-state index in [0.717, 1.165) is 31.4 Å². The van der Waals surface area contributed by atoms with Gasteiger partial charge in [0.1, 0.15) is 0 Å². The topological polar surface area (TPSA) is 57.4 Å². The smallest absolute Gasteiger partial charge is 0.212 e. The summed E-state index contributed by atoms with van der Waals surface area (Å²) in [6.07, 6.45) is 4.82. The Hall–Kier alpha value is -1.13. The first-order chi connectivity index (χ1) is 8.26. The zero-order chi connectivity index (χ0) is 12.5. The summed E-state index contributed by atoms with van der Waals surface area (Å²) in [5, 5.41) is 0. The van der Waals surface area contributed by atoms with Crippen molar-refractivity contribution in [3.8, 4) is 5.88 Å². The molecule has 1 heterocycles. The zero-order valence-electron chi connectivity index (χ0n) is 10.7. The van der Waals surface area contributed by atoms with E-state index in [9.17, 15) is 0 Å². The van der Waals surface area contributed by atoms with Gasteiger partial charge in [0.05, 0.1) is 13.7 Å². The third-order valence-corrected chi connectivity index (χ3v) is 2.48. The maximum Gasteiger partial charge on any atom is 0.212 e. The Kier molecular flexibility index (Phi) is 6.58. The molecule has 0 aliphatic carbocycles. The van der Waals surface area contributed by atoms with Crippen molar-refractivity contribution >= 4 is 0 Å². The normalized spacial score (nSPS) is 12.4. The van der Waals surface area contributed by atoms with Crippen molar-refractivity contribution in [1.29, 1.82) is 0 Å². The maximum absolute atomic E-state index is 5.97. The van der Waals surface area contributed by atoms with Crippen LogP contribution in [0.2, 0.25) is 0 Å². The van der Waals surface area contributed by atoms with E-state index in [4.69, 9.17) is 15.2 Å². The number of methoxy groups -OCH3 is 1. The standard InChI is InChI=1S/C13H22N2O2/c1-3-4-7-17-10-12(14)8-11-5-6-13(16-2)15-9-11/h5-6,9,12H,3-4,7-8,10,14H2,1-2H3. The molecule has 0 bridgehead atoms. The highest BCUT2D eigenvalue weighted by Gasteiger charge is 2.05. The van der Waals surface area contributed by atoms with Gasteiger partial charge in [-0.15, -0.1) is 0 Å². The molecule has 0 radical (unpaired) electrons. The van der Waals surface area contributed by atoms with Crippen molar-refractivity contribution < 1.29 is 9.47 Å². The number of rotatable bonds is 8. The van der Waals surface area contributed by atoms with Crippen LogP contribution < -0.4 is 10.5 Å². The van der Waals surface area contributed by atoms with Gasteiger partial charge in [-0.25, -0.2) is 4.98 Å². The van der Waals surface area contributed by atoms with Gasteiger partial charge < -0.3 is 15.2 Å². The number of nitrogens with zero attached hydrogens (tertiary/aromatic N) is 1. The Labute approximate surface area is 103 Å². The van der Waals surface area contributed by atoms with Gasteiger partial charge in [0.15, 0.2) is 0 Å². The minimum absolute atomic E-state index is 0.0297. The molecule has 1 aromatic rings. The SMILES string of the molecule is CCCCOCC(N)Cc1ccc(OC)nc1. The van der Waals surface area contributed by atoms with Crippen LogP contribution in [0.1, 0.15) is 25.3 Å². The number of hydrogen-bond donors (Lipinski definition) is 1. The van der Waals surface area contributed by atoms with Gasteiger partial charge in [-0.05, 0) is 18.4 Å². The molecule has 4 nitrogen and oxygen atoms in total. The van der Waals surface area contributed by atoms with E-state index in [2.05, 4.69) is 11.9 Å². The minimum atomic E-state index is 0.0297. The molecule has 0 aliphatic rings. The average Bonchev–Trinajstić information content (AvgIpc) is 2.36. The summed E-state index contributed by atoms with van der Waals surface area (Å²) in [5.74, 6) is 0.626. The van der Waals surface area contributed by atoms with Gasteiger partial charge in [-0.2, -0.15) is 0 Å². The van der Waals surface area contributed by atoms with Crippen LogP contribution >= 0.6 is 0 Å². The summed E-state index contributed by atoms with van der Waals surface area (Å²) >= 11 is 0. The lowest BCUT2D eigenvalue weighted by Gasteiger charge is -2.12. The molecular formula is C13H22N2O2. The molecule has 4 heteroatoms. The molecule has 1 rings (SSSR count). The molecule has 1 atom stereocenters. The number of unbranched alkanes of at least 4 members (excludes halogenated alkanes) is 1. The van der Waals surface area contributed by atoms with Crippen LogP contribution in [0.25, 0.3) is 0 Å². The molecule has 17 heavy (non-hydrogen) atoms. The Morgan fingerprint density at radius 3 is 2.82 bits per heavy atom. The Balaban J connectivity index is 2.26. The summed E-state index contributed by atoms with van der Waals surface area (Å²) in [7, 11) is 1.61. The monoisotopic (exact) mass is 238 g/mol. The fourth-order valence-electron chi connectivity index (χ4n) is 1.50. The highest BCUT2D eigenvalue weighted by atomic mass is 16.5. The van der Waals surface area contributed by atoms with Gasteiger partial charge in [0.25, 0.3) is 0 Å². The first-order valence-corrected chi connectivity index (χ1v) is 6.08. The van der Waals surface area contributed by atoms with Gasteiger partial charge >= 0.3 is 0 Å². The van der Waals surface area contributed by atoms with Crippen LogP contribution in [0.4, 0.5) is 0 Å². The number of pyridine rings is 1. The van der Waals surface area contributed by atoms with Crippen molar-refractivity contribution in [2.75, 3.05) is 20.3 Å². The molecule has 0 saturated carbocycles. The van der Waals surface area contributed by atoms with Crippen LogP contribution in [-0.4, -0.2) is 31.3 Å². The predicted molar refractivity (Wildman–Crippen MR) is 68.2 cm³/mol. The van der Waals surface area contributed by atoms with Crippen LogP contribution in [0.3, 0.4) is 0 Å². The fourth-order valence-corrected chi connectivity index (χ4v) is 1.50. The van der Waals surface area contributed by atoms with Crippen LogP contribution in [-0.2, 0) is 11.2 Å². The van der Waals surface area contributed by atoms with Gasteiger partial charge in [-0.1, -0.05) is 19.4 Å². The summed E-state index contributed by atoms with van der Waals surface area (Å²) in [6.45, 7) is 3.55. The highest BCUT2D eigenvalue weighted by molar-refractivity contribution is 5.18. The number of nitrogens with two attached hydrogens (primary N) is 1. The van der Waals surface area contributed by atoms with Crippen molar-refractivity contribution in [1.82, 2.24) is 4.98 Å². The predicted octanol–water partition coefficient (Wildman–Crippen LogP) is 1.78. The van der Waals surface area contributed by atoms with Crippen molar-refractivity contribution in [3.63, 3.8) is 0 Å². The molecule has 2 N–H and O–H groups in total. The average molecular weight is 238 g/mol. The molecular weight excluding hydrogens is 216 g/mol. The van der Waals surface area contributed by atoms with E-state index in [-0.39, 0.29) is 6.04 Å². The summed E-state index contributed by atoms with van der Waals surface area (Å²) in [4.78, 5) is 4.14. The van der Waals surface area contributed by atoms with Gasteiger partial charge in [0, 0.05) is 24.9 Å². The maximum atomic E-state index is 5.97. The van der Waals surface area contributed by atoms with Gasteiger partial charge in [0.2, 0.25) is 5.88 Å². The van der Waals surface area contributed by atoms with E-state index < -0.39 is 0 Å². The van der Waals surface area contributed by atoms with Gasteiger partial charge in [-0.3, -0.25) is 0 Å². The van der Waals surface area contributed by atoms with Crippen molar-refractivity contribution in [2.45, 2.75) is 32.2 Å². The van der Waals surface area contributed by atoms with E-state index >= 15 is 0 Å². The van der Waals surface area contributed by atoms with Crippen LogP contribution in [0.5, 0.6) is 5.88 Å². The zero-order valence-corrected chi connectivity index (χ0v) is 10.7. The van der Waals surface area contributed by atoms with Crippen LogP contribution in [0.15, 0.2) is 18.3 Å². The lowest BCUT2D eigenvalue weighted by atomic mass is 10.1. The Morgan fingerprint density at radius 1 is 1.41 bits per heavy atom. The lowest BCUT2D eigenvalue weighted by Crippen LogP contribution is -2.28. The molecule has 1 aromatic heterocycles. The molecule has 1 unspecified atom stereocenters. The Morgan fingerprint density at radius 2 is 2.24 bits per heavy atom. The number of hydrogen-bond acceptors (Lipinski definition) is 4. The second-order valence-corrected chi connectivity index (χ2v) is 4.10. The van der Waals surface area contributed by atoms with E-state index in [1.54, 1.807) is 13.3 Å². The molecule has 0 fully saturated rings. The summed E-state index contributed by atoms with van der Waals surface area (Å²) in [6, 6.07) is 3.86. The molecule has 96 valence electrons. The number of aromatic nitrogens is 1. The molecule has 0 spiro atoms. The molecule has 0 saturated heterocycles. The van der Waals surface area contributed by atoms with Crippen LogP contribution in [0, 0.1) is 0 Å². The third-order valence-electron chi connectivity index (χ3n) is 2.48. The van der Waals surface area contributed by atoms with Crippen molar-refractivity contribution in [2.24, 2.45) is 5.73 Å². The molecule has 0 aromatic carbocycles. The van der Waals surface area contributed by atoms with E-state index in [0.29, 0.717) is 12.5 Å². The fraction of sp³-hybridized carbons (Fsp3) is 0.615. The highest BCUT2D eigenvalue weighted by Crippen LogP contribution is 2.08. The molecule has 0 amide bonds. The minimum Gasteiger partial charge on any atom is -0.481 e. The second kappa shape index (κ2) is 8.03. The largest absolute Gasteiger partial charge is 0.481 e. The quantitative estimate of drug-likeness (QED) is 0.701. The summed E-state index contributed by atoms with van der Waals surface area (Å²) in [5.41, 5.74) is 7.08. The first-order valence-electron chi connectivity index (χ1n) is 6.08.